The molecular formula is C13H19N5O. The van der Waals surface area contributed by atoms with E-state index in [1.54, 1.807) is 23.0 Å². The highest BCUT2D eigenvalue weighted by molar-refractivity contribution is 4.97. The predicted molar refractivity (Wildman–Crippen MR) is 72.1 cm³/mol. The molecule has 0 radical (unpaired) electrons. The molecule has 0 aliphatic heterocycles. The van der Waals surface area contributed by atoms with Gasteiger partial charge in [-0.1, -0.05) is 13.8 Å². The largest absolute Gasteiger partial charge is 0.346 e. The van der Waals surface area contributed by atoms with Gasteiger partial charge in [0.25, 0.3) is 0 Å². The summed E-state index contributed by atoms with van der Waals surface area (Å²) in [5.41, 5.74) is -0.105. The molecule has 0 saturated carbocycles. The van der Waals surface area contributed by atoms with Crippen molar-refractivity contribution in [2.24, 2.45) is 0 Å². The van der Waals surface area contributed by atoms with E-state index in [0.717, 1.165) is 5.82 Å². The van der Waals surface area contributed by atoms with Crippen LogP contribution in [0.4, 0.5) is 0 Å². The minimum atomic E-state index is -0.105. The van der Waals surface area contributed by atoms with E-state index in [2.05, 4.69) is 15.1 Å². The van der Waals surface area contributed by atoms with Crippen LogP contribution in [0.15, 0.2) is 23.3 Å². The fourth-order valence-electron chi connectivity index (χ4n) is 1.96. The number of hydrogen-bond donors (Lipinski definition) is 0. The van der Waals surface area contributed by atoms with Gasteiger partial charge in [-0.3, -0.25) is 4.57 Å². The molecule has 0 aromatic carbocycles. The lowest BCUT2D eigenvalue weighted by Gasteiger charge is -2.10. The molecule has 0 N–H and O–H groups in total. The van der Waals surface area contributed by atoms with Crippen LogP contribution in [0.2, 0.25) is 0 Å². The van der Waals surface area contributed by atoms with Crippen LogP contribution < -0.4 is 5.69 Å². The molecule has 0 atom stereocenters. The highest BCUT2D eigenvalue weighted by Crippen LogP contribution is 2.14. The lowest BCUT2D eigenvalue weighted by atomic mass is 10.2. The van der Waals surface area contributed by atoms with Gasteiger partial charge in [-0.2, -0.15) is 5.10 Å². The van der Waals surface area contributed by atoms with Gasteiger partial charge >= 0.3 is 5.69 Å². The van der Waals surface area contributed by atoms with Crippen molar-refractivity contribution in [2.75, 3.05) is 0 Å². The van der Waals surface area contributed by atoms with Crippen molar-refractivity contribution >= 4 is 0 Å². The van der Waals surface area contributed by atoms with Gasteiger partial charge in [-0.15, -0.1) is 0 Å². The van der Waals surface area contributed by atoms with Crippen LogP contribution in [-0.2, 0) is 6.54 Å². The molecule has 2 rings (SSSR count). The molecule has 102 valence electrons. The summed E-state index contributed by atoms with van der Waals surface area (Å²) in [5.74, 6) is 1.59. The zero-order valence-corrected chi connectivity index (χ0v) is 11.7. The monoisotopic (exact) mass is 261 g/mol. The highest BCUT2D eigenvalue weighted by Gasteiger charge is 2.18. The fourth-order valence-corrected chi connectivity index (χ4v) is 1.96. The molecule has 2 aromatic rings. The molecule has 2 heterocycles. The first-order chi connectivity index (χ1) is 9.00. The molecule has 0 spiro atoms. The van der Waals surface area contributed by atoms with Crippen LogP contribution in [0.1, 0.15) is 51.3 Å². The first-order valence-electron chi connectivity index (χ1n) is 6.45. The summed E-state index contributed by atoms with van der Waals surface area (Å²) < 4.78 is 3.16. The second-order valence-electron chi connectivity index (χ2n) is 5.08. The average molecular weight is 261 g/mol. The Labute approximate surface area is 112 Å². The molecule has 6 nitrogen and oxygen atoms in total. The fraction of sp³-hybridized carbons (Fsp3) is 0.538. The summed E-state index contributed by atoms with van der Waals surface area (Å²) in [5, 5.41) is 4.41. The zero-order valence-electron chi connectivity index (χ0n) is 11.7. The third-order valence-corrected chi connectivity index (χ3v) is 2.84. The Morgan fingerprint density at radius 1 is 1.16 bits per heavy atom. The second kappa shape index (κ2) is 5.34. The molecular weight excluding hydrogens is 242 g/mol. The summed E-state index contributed by atoms with van der Waals surface area (Å²) in [4.78, 5) is 20.6. The summed E-state index contributed by atoms with van der Waals surface area (Å²) >= 11 is 0. The first kappa shape index (κ1) is 13.5. The van der Waals surface area contributed by atoms with E-state index >= 15 is 0 Å². The van der Waals surface area contributed by atoms with E-state index < -0.39 is 0 Å². The van der Waals surface area contributed by atoms with Crippen LogP contribution >= 0.6 is 0 Å². The lowest BCUT2D eigenvalue weighted by Crippen LogP contribution is -2.27. The topological polar surface area (TPSA) is 65.6 Å². The van der Waals surface area contributed by atoms with Crippen molar-refractivity contribution < 1.29 is 0 Å². The van der Waals surface area contributed by atoms with Gasteiger partial charge in [0.1, 0.15) is 18.2 Å². The van der Waals surface area contributed by atoms with Gasteiger partial charge in [0.2, 0.25) is 0 Å². The van der Waals surface area contributed by atoms with Gasteiger partial charge < -0.3 is 0 Å². The van der Waals surface area contributed by atoms with Crippen LogP contribution in [0, 0.1) is 0 Å². The van der Waals surface area contributed by atoms with Gasteiger partial charge in [0.15, 0.2) is 0 Å². The first-order valence-corrected chi connectivity index (χ1v) is 6.45. The Morgan fingerprint density at radius 3 is 2.26 bits per heavy atom. The summed E-state index contributed by atoms with van der Waals surface area (Å²) in [7, 11) is 0. The quantitative estimate of drug-likeness (QED) is 0.838. The van der Waals surface area contributed by atoms with Crippen LogP contribution in [0.5, 0.6) is 0 Å². The predicted octanol–water partition coefficient (Wildman–Crippen LogP) is 1.59. The molecule has 0 amide bonds. The van der Waals surface area contributed by atoms with Crippen LogP contribution in [0.25, 0.3) is 0 Å². The van der Waals surface area contributed by atoms with Crippen LogP contribution in [0.3, 0.4) is 0 Å². The smallest absolute Gasteiger partial charge is 0.276 e. The van der Waals surface area contributed by atoms with Crippen molar-refractivity contribution in [3.05, 3.63) is 40.6 Å². The molecule has 0 aliphatic carbocycles. The zero-order chi connectivity index (χ0) is 14.0. The Kier molecular flexibility index (Phi) is 3.78. The minimum Gasteiger partial charge on any atom is -0.276 e. The number of nitrogens with zero attached hydrogens (tertiary/aromatic N) is 5. The maximum atomic E-state index is 12.3. The second-order valence-corrected chi connectivity index (χ2v) is 5.08. The molecule has 2 aromatic heterocycles. The Hall–Kier alpha value is -1.98. The lowest BCUT2D eigenvalue weighted by molar-refractivity contribution is 0.529. The third-order valence-electron chi connectivity index (χ3n) is 2.84. The standard InChI is InChI=1S/C13H19N5O/c1-9(2)12-16-17(13(19)18(12)10(3)4)8-11-14-6-5-7-15-11/h5-7,9-10H,8H2,1-4H3. The minimum absolute atomic E-state index is 0.0929. The Bertz CT molecular complexity index is 597. The summed E-state index contributed by atoms with van der Waals surface area (Å²) in [6.45, 7) is 8.34. The summed E-state index contributed by atoms with van der Waals surface area (Å²) in [6, 6.07) is 1.84. The van der Waals surface area contributed by atoms with E-state index in [1.165, 1.54) is 4.68 Å². The molecule has 0 bridgehead atoms. The van der Waals surface area contributed by atoms with E-state index in [9.17, 15) is 4.79 Å². The molecule has 0 saturated heterocycles. The Morgan fingerprint density at radius 2 is 1.79 bits per heavy atom. The molecule has 0 aliphatic rings. The molecule has 0 unspecified atom stereocenters. The molecule has 6 heteroatoms. The van der Waals surface area contributed by atoms with Gasteiger partial charge in [-0.05, 0) is 19.9 Å². The maximum absolute atomic E-state index is 12.3. The average Bonchev–Trinajstić information content (AvgIpc) is 2.68. The number of rotatable bonds is 4. The van der Waals surface area contributed by atoms with Crippen LogP contribution in [-0.4, -0.2) is 24.3 Å². The molecule has 19 heavy (non-hydrogen) atoms. The van der Waals surface area contributed by atoms with Crippen molar-refractivity contribution in [1.29, 1.82) is 0 Å². The SMILES string of the molecule is CC(C)c1nn(Cc2ncccn2)c(=O)n1C(C)C. The van der Waals surface area contributed by atoms with Gasteiger partial charge in [0, 0.05) is 24.4 Å². The van der Waals surface area contributed by atoms with Gasteiger partial charge in [-0.25, -0.2) is 19.4 Å². The summed E-state index contributed by atoms with van der Waals surface area (Å²) in [6.07, 6.45) is 3.33. The van der Waals surface area contributed by atoms with Crippen molar-refractivity contribution in [3.63, 3.8) is 0 Å². The van der Waals surface area contributed by atoms with Gasteiger partial charge in [0.05, 0.1) is 0 Å². The normalized spacial score (nSPS) is 11.5. The number of aromatic nitrogens is 5. The number of hydrogen-bond acceptors (Lipinski definition) is 4. The molecule has 0 fully saturated rings. The van der Waals surface area contributed by atoms with E-state index in [1.807, 2.05) is 27.7 Å². The highest BCUT2D eigenvalue weighted by atomic mass is 16.2. The van der Waals surface area contributed by atoms with E-state index in [-0.39, 0.29) is 17.6 Å². The third kappa shape index (κ3) is 2.72. The van der Waals surface area contributed by atoms with E-state index in [4.69, 9.17) is 0 Å². The Balaban J connectivity index is 2.43. The van der Waals surface area contributed by atoms with Crippen molar-refractivity contribution in [2.45, 2.75) is 46.2 Å². The van der Waals surface area contributed by atoms with Crippen molar-refractivity contribution in [1.82, 2.24) is 24.3 Å². The maximum Gasteiger partial charge on any atom is 0.346 e. The van der Waals surface area contributed by atoms with E-state index in [0.29, 0.717) is 12.4 Å². The van der Waals surface area contributed by atoms with Crippen molar-refractivity contribution in [3.8, 4) is 0 Å².